The van der Waals surface area contributed by atoms with Crippen LogP contribution in [0.25, 0.3) is 0 Å². The highest BCUT2D eigenvalue weighted by Crippen LogP contribution is 2.29. The molecular weight excluding hydrogens is 276 g/mol. The zero-order valence-corrected chi connectivity index (χ0v) is 12.7. The van der Waals surface area contributed by atoms with Crippen LogP contribution in [0.3, 0.4) is 0 Å². The number of hydrogen-bond donors (Lipinski definition) is 1. The van der Waals surface area contributed by atoms with Gasteiger partial charge in [0.15, 0.2) is 6.61 Å². The van der Waals surface area contributed by atoms with Gasteiger partial charge in [0.05, 0.1) is 0 Å². The number of carbonyl (C=O) groups excluding carboxylic acids is 1. The molecule has 1 atom stereocenters. The van der Waals surface area contributed by atoms with Crippen molar-refractivity contribution in [2.75, 3.05) is 26.2 Å². The van der Waals surface area contributed by atoms with Crippen LogP contribution in [0.5, 0.6) is 5.75 Å². The summed E-state index contributed by atoms with van der Waals surface area (Å²) in [5.74, 6) is 0.660. The van der Waals surface area contributed by atoms with Gasteiger partial charge in [-0.25, -0.2) is 0 Å². The minimum Gasteiger partial charge on any atom is -0.483 e. The Hall–Kier alpha value is -1.26. The molecule has 1 aliphatic heterocycles. The molecule has 1 aromatic carbocycles. The Morgan fingerprint density at radius 2 is 2.30 bits per heavy atom. The number of benzene rings is 1. The van der Waals surface area contributed by atoms with Crippen LogP contribution in [0.15, 0.2) is 18.2 Å². The van der Waals surface area contributed by atoms with E-state index in [2.05, 4.69) is 6.92 Å². The number of ether oxygens (including phenoxy) is 1. The van der Waals surface area contributed by atoms with E-state index in [4.69, 9.17) is 22.1 Å². The lowest BCUT2D eigenvalue weighted by Crippen LogP contribution is -2.36. The molecule has 0 radical (unpaired) electrons. The Balaban J connectivity index is 1.92. The average Bonchev–Trinajstić information content (AvgIpc) is 2.84. The molecule has 0 spiro atoms. The van der Waals surface area contributed by atoms with E-state index in [0.717, 1.165) is 18.5 Å². The molecule has 0 bridgehead atoms. The topological polar surface area (TPSA) is 55.6 Å². The molecule has 0 aliphatic carbocycles. The summed E-state index contributed by atoms with van der Waals surface area (Å²) in [5.41, 5.74) is 6.65. The molecule has 1 amide bonds. The average molecular weight is 297 g/mol. The summed E-state index contributed by atoms with van der Waals surface area (Å²) in [7, 11) is 0. The lowest BCUT2D eigenvalue weighted by Gasteiger charge is -2.22. The number of hydrogen-bond acceptors (Lipinski definition) is 3. The number of likely N-dealkylation sites (tertiary alicyclic amines) is 1. The van der Waals surface area contributed by atoms with Gasteiger partial charge in [-0.1, -0.05) is 24.6 Å². The van der Waals surface area contributed by atoms with Gasteiger partial charge in [-0.3, -0.25) is 4.79 Å². The fourth-order valence-electron chi connectivity index (χ4n) is 2.38. The summed E-state index contributed by atoms with van der Waals surface area (Å²) in [6, 6.07) is 5.44. The molecule has 1 fully saturated rings. The van der Waals surface area contributed by atoms with Crippen LogP contribution in [-0.4, -0.2) is 37.0 Å². The van der Waals surface area contributed by atoms with Gasteiger partial charge >= 0.3 is 0 Å². The minimum absolute atomic E-state index is 0.00144. The first kappa shape index (κ1) is 15.1. The van der Waals surface area contributed by atoms with Crippen LogP contribution in [0.2, 0.25) is 5.02 Å². The summed E-state index contributed by atoms with van der Waals surface area (Å²) in [6.07, 6.45) is 0.950. The zero-order valence-electron chi connectivity index (χ0n) is 12.0. The molecule has 4 nitrogen and oxygen atoms in total. The molecule has 1 saturated heterocycles. The summed E-state index contributed by atoms with van der Waals surface area (Å²) in [5, 5.41) is 0.645. The van der Waals surface area contributed by atoms with Crippen molar-refractivity contribution in [2.45, 2.75) is 20.3 Å². The number of nitrogens with zero attached hydrogens (tertiary/aromatic N) is 1. The van der Waals surface area contributed by atoms with Gasteiger partial charge in [0.2, 0.25) is 0 Å². The van der Waals surface area contributed by atoms with Gasteiger partial charge in [0.1, 0.15) is 5.75 Å². The van der Waals surface area contributed by atoms with Crippen molar-refractivity contribution >= 4 is 17.5 Å². The Labute approximate surface area is 124 Å². The first-order chi connectivity index (χ1) is 9.45. The van der Waals surface area contributed by atoms with Gasteiger partial charge in [-0.15, -0.1) is 0 Å². The highest BCUT2D eigenvalue weighted by atomic mass is 35.5. The maximum Gasteiger partial charge on any atom is 0.260 e. The highest BCUT2D eigenvalue weighted by Gasteiger charge is 2.34. The first-order valence-corrected chi connectivity index (χ1v) is 7.19. The standard InChI is InChI=1S/C15H21ClN2O2/c1-11-12(16)4-3-5-13(11)20-8-14(19)18-7-6-15(2,9-17)10-18/h3-5H,6-10,17H2,1-2H3. The molecule has 0 aromatic heterocycles. The molecule has 20 heavy (non-hydrogen) atoms. The van der Waals surface area contributed by atoms with Gasteiger partial charge in [0, 0.05) is 23.7 Å². The van der Waals surface area contributed by atoms with E-state index < -0.39 is 0 Å². The number of carbonyl (C=O) groups is 1. The van der Waals surface area contributed by atoms with Crippen molar-refractivity contribution in [3.8, 4) is 5.75 Å². The fraction of sp³-hybridized carbons (Fsp3) is 0.533. The maximum atomic E-state index is 12.1. The monoisotopic (exact) mass is 296 g/mol. The predicted octanol–water partition coefficient (Wildman–Crippen LogP) is 2.22. The number of halogens is 1. The predicted molar refractivity (Wildman–Crippen MR) is 80.0 cm³/mol. The Morgan fingerprint density at radius 3 is 2.95 bits per heavy atom. The Morgan fingerprint density at radius 1 is 1.55 bits per heavy atom. The molecule has 1 aromatic rings. The van der Waals surface area contributed by atoms with Gasteiger partial charge in [-0.2, -0.15) is 0 Å². The third kappa shape index (κ3) is 3.25. The summed E-state index contributed by atoms with van der Waals surface area (Å²) in [4.78, 5) is 14.0. The van der Waals surface area contributed by atoms with Crippen molar-refractivity contribution < 1.29 is 9.53 Å². The molecule has 2 rings (SSSR count). The Bertz CT molecular complexity index is 507. The second kappa shape index (κ2) is 6.02. The number of nitrogens with two attached hydrogens (primary N) is 1. The van der Waals surface area contributed by atoms with Gasteiger partial charge < -0.3 is 15.4 Å². The molecule has 5 heteroatoms. The van der Waals surface area contributed by atoms with Crippen molar-refractivity contribution in [2.24, 2.45) is 11.1 Å². The van der Waals surface area contributed by atoms with Crippen LogP contribution in [-0.2, 0) is 4.79 Å². The molecular formula is C15H21ClN2O2. The first-order valence-electron chi connectivity index (χ1n) is 6.81. The van der Waals surface area contributed by atoms with Crippen molar-refractivity contribution in [3.63, 3.8) is 0 Å². The molecule has 0 saturated carbocycles. The molecule has 1 aliphatic rings. The van der Waals surface area contributed by atoms with Gasteiger partial charge in [0.25, 0.3) is 5.91 Å². The minimum atomic E-state index is 0.00144. The normalized spacial score (nSPS) is 22.1. The Kier molecular flexibility index (Phi) is 4.55. The van der Waals surface area contributed by atoms with Crippen LogP contribution in [0.1, 0.15) is 18.9 Å². The second-order valence-corrected chi connectivity index (χ2v) is 6.14. The van der Waals surface area contributed by atoms with E-state index in [1.807, 2.05) is 24.0 Å². The van der Waals surface area contributed by atoms with E-state index >= 15 is 0 Å². The molecule has 1 heterocycles. The number of rotatable bonds is 4. The third-order valence-corrected chi connectivity index (χ3v) is 4.38. The van der Waals surface area contributed by atoms with Crippen LogP contribution >= 0.6 is 11.6 Å². The van der Waals surface area contributed by atoms with E-state index in [9.17, 15) is 4.79 Å². The lowest BCUT2D eigenvalue weighted by molar-refractivity contribution is -0.132. The highest BCUT2D eigenvalue weighted by molar-refractivity contribution is 6.31. The third-order valence-electron chi connectivity index (χ3n) is 3.97. The maximum absolute atomic E-state index is 12.1. The molecule has 110 valence electrons. The molecule has 1 unspecified atom stereocenters. The summed E-state index contributed by atoms with van der Waals surface area (Å²) < 4.78 is 5.59. The summed E-state index contributed by atoms with van der Waals surface area (Å²) >= 11 is 6.02. The van der Waals surface area contributed by atoms with Crippen LogP contribution in [0.4, 0.5) is 0 Å². The smallest absolute Gasteiger partial charge is 0.260 e. The van der Waals surface area contributed by atoms with Crippen molar-refractivity contribution in [3.05, 3.63) is 28.8 Å². The number of amides is 1. The van der Waals surface area contributed by atoms with Gasteiger partial charge in [-0.05, 0) is 37.4 Å². The van der Waals surface area contributed by atoms with Crippen molar-refractivity contribution in [1.82, 2.24) is 4.90 Å². The van der Waals surface area contributed by atoms with E-state index in [-0.39, 0.29) is 17.9 Å². The SMILES string of the molecule is Cc1c(Cl)cccc1OCC(=O)N1CCC(C)(CN)C1. The quantitative estimate of drug-likeness (QED) is 0.927. The van der Waals surface area contributed by atoms with Crippen LogP contribution in [0, 0.1) is 12.3 Å². The molecule has 2 N–H and O–H groups in total. The fourth-order valence-corrected chi connectivity index (χ4v) is 2.54. The van der Waals surface area contributed by atoms with E-state index in [1.165, 1.54) is 0 Å². The largest absolute Gasteiger partial charge is 0.483 e. The van der Waals surface area contributed by atoms with E-state index in [1.54, 1.807) is 6.07 Å². The van der Waals surface area contributed by atoms with E-state index in [0.29, 0.717) is 23.9 Å². The second-order valence-electron chi connectivity index (χ2n) is 5.73. The lowest BCUT2D eigenvalue weighted by atomic mass is 9.90. The zero-order chi connectivity index (χ0) is 14.8. The van der Waals surface area contributed by atoms with Crippen LogP contribution < -0.4 is 10.5 Å². The van der Waals surface area contributed by atoms with Crippen molar-refractivity contribution in [1.29, 1.82) is 0 Å². The summed E-state index contributed by atoms with van der Waals surface area (Å²) in [6.45, 7) is 6.10.